The largest absolute Gasteiger partial charge is 0.496 e. The molecule has 1 N–H and O–H groups in total. The maximum atomic E-state index is 13.8. The monoisotopic (exact) mass is 247 g/mol. The molecule has 0 aliphatic heterocycles. The van der Waals surface area contributed by atoms with Gasteiger partial charge in [0.1, 0.15) is 17.3 Å². The van der Waals surface area contributed by atoms with Crippen molar-refractivity contribution in [2.75, 3.05) is 7.11 Å². The Balaban J connectivity index is 2.61. The summed E-state index contributed by atoms with van der Waals surface area (Å²) in [4.78, 5) is 14.7. The minimum atomic E-state index is -1.16. The van der Waals surface area contributed by atoms with E-state index in [0.29, 0.717) is 5.75 Å². The van der Waals surface area contributed by atoms with Gasteiger partial charge in [0.2, 0.25) is 0 Å². The average Bonchev–Trinajstić information content (AvgIpc) is 2.38. The number of aromatic nitrogens is 1. The summed E-state index contributed by atoms with van der Waals surface area (Å²) in [6, 6.07) is 8.77. The molecule has 0 saturated heterocycles. The molecule has 18 heavy (non-hydrogen) atoms. The quantitative estimate of drug-likeness (QED) is 0.905. The standard InChI is InChI=1S/C13H10FNO3/c1-18-11-7-2-4-8(14)12(11)9-5-3-6-10(15-9)13(16)17/h2-7H,1H3,(H,16,17). The van der Waals surface area contributed by atoms with E-state index in [1.807, 2.05) is 0 Å². The lowest BCUT2D eigenvalue weighted by Gasteiger charge is -2.09. The summed E-state index contributed by atoms with van der Waals surface area (Å²) in [5.41, 5.74) is 0.241. The third-order valence-electron chi connectivity index (χ3n) is 2.42. The maximum absolute atomic E-state index is 13.8. The Morgan fingerprint density at radius 1 is 1.28 bits per heavy atom. The van der Waals surface area contributed by atoms with Crippen LogP contribution < -0.4 is 4.74 Å². The van der Waals surface area contributed by atoms with Crippen LogP contribution in [0.4, 0.5) is 4.39 Å². The summed E-state index contributed by atoms with van der Waals surface area (Å²) in [6.45, 7) is 0. The molecule has 0 fully saturated rings. The van der Waals surface area contributed by atoms with Crippen LogP contribution in [0.1, 0.15) is 10.5 Å². The van der Waals surface area contributed by atoms with Gasteiger partial charge in [0, 0.05) is 0 Å². The summed E-state index contributed by atoms with van der Waals surface area (Å²) in [6.07, 6.45) is 0. The van der Waals surface area contributed by atoms with Crippen molar-refractivity contribution >= 4 is 5.97 Å². The highest BCUT2D eigenvalue weighted by molar-refractivity contribution is 5.86. The zero-order chi connectivity index (χ0) is 13.1. The Morgan fingerprint density at radius 3 is 2.67 bits per heavy atom. The number of carbonyl (C=O) groups is 1. The van der Waals surface area contributed by atoms with Crippen LogP contribution in [0.5, 0.6) is 5.75 Å². The van der Waals surface area contributed by atoms with Crippen LogP contribution in [-0.4, -0.2) is 23.2 Å². The minimum Gasteiger partial charge on any atom is -0.496 e. The summed E-state index contributed by atoms with van der Waals surface area (Å²) in [5.74, 6) is -1.36. The molecule has 1 aromatic heterocycles. The summed E-state index contributed by atoms with van der Waals surface area (Å²) in [7, 11) is 1.42. The van der Waals surface area contributed by atoms with E-state index >= 15 is 0 Å². The number of hydrogen-bond acceptors (Lipinski definition) is 3. The second kappa shape index (κ2) is 4.83. The number of hydrogen-bond donors (Lipinski definition) is 1. The highest BCUT2D eigenvalue weighted by Crippen LogP contribution is 2.31. The van der Waals surface area contributed by atoms with E-state index < -0.39 is 11.8 Å². The SMILES string of the molecule is COc1cccc(F)c1-c1cccc(C(=O)O)n1. The number of methoxy groups -OCH3 is 1. The van der Waals surface area contributed by atoms with Gasteiger partial charge in [0.25, 0.3) is 0 Å². The molecule has 92 valence electrons. The molecule has 0 unspecified atom stereocenters. The number of pyridine rings is 1. The fraction of sp³-hybridized carbons (Fsp3) is 0.0769. The molecule has 5 heteroatoms. The van der Waals surface area contributed by atoms with Crippen molar-refractivity contribution in [1.29, 1.82) is 0 Å². The highest BCUT2D eigenvalue weighted by atomic mass is 19.1. The molecule has 0 aliphatic rings. The molecule has 0 aliphatic carbocycles. The van der Waals surface area contributed by atoms with Crippen molar-refractivity contribution in [3.05, 3.63) is 47.9 Å². The smallest absolute Gasteiger partial charge is 0.354 e. The molecule has 0 radical (unpaired) electrons. The topological polar surface area (TPSA) is 59.4 Å². The van der Waals surface area contributed by atoms with E-state index in [-0.39, 0.29) is 17.0 Å². The van der Waals surface area contributed by atoms with E-state index in [1.54, 1.807) is 6.07 Å². The number of carboxylic acid groups (broad SMARTS) is 1. The van der Waals surface area contributed by atoms with E-state index in [4.69, 9.17) is 9.84 Å². The van der Waals surface area contributed by atoms with Crippen LogP contribution in [-0.2, 0) is 0 Å². The van der Waals surface area contributed by atoms with Crippen LogP contribution >= 0.6 is 0 Å². The van der Waals surface area contributed by atoms with Gasteiger partial charge in [-0.25, -0.2) is 14.2 Å². The number of ether oxygens (including phenoxy) is 1. The number of nitrogens with zero attached hydrogens (tertiary/aromatic N) is 1. The van der Waals surface area contributed by atoms with Crippen molar-refractivity contribution in [3.8, 4) is 17.0 Å². The zero-order valence-corrected chi connectivity index (χ0v) is 9.55. The van der Waals surface area contributed by atoms with Gasteiger partial charge in [-0.2, -0.15) is 0 Å². The van der Waals surface area contributed by atoms with E-state index in [9.17, 15) is 9.18 Å². The van der Waals surface area contributed by atoms with Gasteiger partial charge in [-0.05, 0) is 24.3 Å². The van der Waals surface area contributed by atoms with Gasteiger partial charge in [-0.15, -0.1) is 0 Å². The predicted octanol–water partition coefficient (Wildman–Crippen LogP) is 2.59. The molecule has 0 saturated carbocycles. The molecular formula is C13H10FNO3. The van der Waals surface area contributed by atoms with Crippen LogP contribution in [0, 0.1) is 5.82 Å². The van der Waals surface area contributed by atoms with Crippen molar-refractivity contribution in [2.45, 2.75) is 0 Å². The van der Waals surface area contributed by atoms with Gasteiger partial charge >= 0.3 is 5.97 Å². The van der Waals surface area contributed by atoms with Crippen LogP contribution in [0.2, 0.25) is 0 Å². The molecule has 1 aromatic carbocycles. The van der Waals surface area contributed by atoms with Crippen molar-refractivity contribution in [3.63, 3.8) is 0 Å². The highest BCUT2D eigenvalue weighted by Gasteiger charge is 2.14. The van der Waals surface area contributed by atoms with Crippen LogP contribution in [0.25, 0.3) is 11.3 Å². The third kappa shape index (κ3) is 2.15. The third-order valence-corrected chi connectivity index (χ3v) is 2.42. The second-order valence-electron chi connectivity index (χ2n) is 3.53. The molecule has 0 spiro atoms. The Kier molecular flexibility index (Phi) is 3.23. The zero-order valence-electron chi connectivity index (χ0n) is 9.55. The van der Waals surface area contributed by atoms with Gasteiger partial charge < -0.3 is 9.84 Å². The van der Waals surface area contributed by atoms with Crippen molar-refractivity contribution < 1.29 is 19.0 Å². The molecular weight excluding hydrogens is 237 g/mol. The number of aromatic carboxylic acids is 1. The lowest BCUT2D eigenvalue weighted by molar-refractivity contribution is 0.0690. The molecule has 2 rings (SSSR count). The molecule has 0 bridgehead atoms. The molecule has 0 atom stereocenters. The first kappa shape index (κ1) is 12.0. The second-order valence-corrected chi connectivity index (χ2v) is 3.53. The lowest BCUT2D eigenvalue weighted by atomic mass is 10.1. The van der Waals surface area contributed by atoms with E-state index in [0.717, 1.165) is 0 Å². The number of benzene rings is 1. The van der Waals surface area contributed by atoms with Crippen LogP contribution in [0.3, 0.4) is 0 Å². The van der Waals surface area contributed by atoms with Gasteiger partial charge in [0.05, 0.1) is 18.4 Å². The Morgan fingerprint density at radius 2 is 2.00 bits per heavy atom. The molecule has 1 heterocycles. The lowest BCUT2D eigenvalue weighted by Crippen LogP contribution is -2.02. The average molecular weight is 247 g/mol. The Labute approximate surface area is 103 Å². The molecule has 0 amide bonds. The van der Waals surface area contributed by atoms with Crippen molar-refractivity contribution in [1.82, 2.24) is 4.98 Å². The summed E-state index contributed by atoms with van der Waals surface area (Å²) < 4.78 is 18.8. The summed E-state index contributed by atoms with van der Waals surface area (Å²) >= 11 is 0. The Bertz CT molecular complexity index is 599. The number of rotatable bonds is 3. The van der Waals surface area contributed by atoms with Gasteiger partial charge in [-0.3, -0.25) is 0 Å². The minimum absolute atomic E-state index is 0.141. The van der Waals surface area contributed by atoms with E-state index in [2.05, 4.69) is 4.98 Å². The number of carboxylic acids is 1. The van der Waals surface area contributed by atoms with E-state index in [1.165, 1.54) is 37.4 Å². The normalized spacial score (nSPS) is 10.1. The van der Waals surface area contributed by atoms with Crippen LogP contribution in [0.15, 0.2) is 36.4 Å². The maximum Gasteiger partial charge on any atom is 0.354 e. The molecule has 2 aromatic rings. The van der Waals surface area contributed by atoms with Crippen molar-refractivity contribution in [2.24, 2.45) is 0 Å². The first-order chi connectivity index (χ1) is 8.63. The first-order valence-electron chi connectivity index (χ1n) is 5.16. The first-order valence-corrected chi connectivity index (χ1v) is 5.16. The van der Waals surface area contributed by atoms with Gasteiger partial charge in [-0.1, -0.05) is 12.1 Å². The van der Waals surface area contributed by atoms with Gasteiger partial charge in [0.15, 0.2) is 0 Å². The predicted molar refractivity (Wildman–Crippen MR) is 63.1 cm³/mol. The fourth-order valence-corrected chi connectivity index (χ4v) is 1.62. The molecule has 4 nitrogen and oxygen atoms in total. The Hall–Kier alpha value is -2.43. The fourth-order valence-electron chi connectivity index (χ4n) is 1.62. The number of halogens is 1. The summed E-state index contributed by atoms with van der Waals surface area (Å²) in [5, 5.41) is 8.86.